The highest BCUT2D eigenvalue weighted by molar-refractivity contribution is 7.91. The molecule has 0 aliphatic carbocycles. The Balaban J connectivity index is 2.36. The largest absolute Gasteiger partial charge is 0.380 e. The number of nitrogens with zero attached hydrogens (tertiary/aromatic N) is 2. The molecule has 3 N–H and O–H groups in total. The fourth-order valence-corrected chi connectivity index (χ4v) is 4.67. The van der Waals surface area contributed by atoms with Crippen LogP contribution in [0.2, 0.25) is 0 Å². The lowest BCUT2D eigenvalue weighted by molar-refractivity contribution is -0.383. The summed E-state index contributed by atoms with van der Waals surface area (Å²) in [6.45, 7) is 0.829. The molecule has 112 valence electrons. The van der Waals surface area contributed by atoms with Gasteiger partial charge in [0.25, 0.3) is 10.0 Å². The summed E-state index contributed by atoms with van der Waals surface area (Å²) in [5.41, 5.74) is 1.79. The molecule has 1 aliphatic rings. The molecular weight excluding hydrogens is 308 g/mol. The maximum atomic E-state index is 12.4. The molecule has 1 unspecified atom stereocenters. The zero-order chi connectivity index (χ0) is 14.9. The van der Waals surface area contributed by atoms with Crippen LogP contribution in [0.5, 0.6) is 0 Å². The number of nitrogen functional groups attached to an aromatic ring is 1. The third-order valence-electron chi connectivity index (χ3n) is 3.07. The van der Waals surface area contributed by atoms with Crippen molar-refractivity contribution in [2.24, 2.45) is 5.84 Å². The first-order valence-corrected chi connectivity index (χ1v) is 7.94. The number of nitrogens with one attached hydrogen (secondary N) is 1. The van der Waals surface area contributed by atoms with Gasteiger partial charge in [-0.25, -0.2) is 14.3 Å². The van der Waals surface area contributed by atoms with E-state index < -0.39 is 14.9 Å². The van der Waals surface area contributed by atoms with Crippen molar-refractivity contribution < 1.29 is 18.1 Å². The predicted molar refractivity (Wildman–Crippen MR) is 73.0 cm³/mol. The van der Waals surface area contributed by atoms with E-state index in [0.29, 0.717) is 19.6 Å². The molecule has 2 rings (SSSR count). The van der Waals surface area contributed by atoms with Crippen LogP contribution >= 0.6 is 11.3 Å². The van der Waals surface area contributed by atoms with Gasteiger partial charge in [0, 0.05) is 19.7 Å². The number of likely N-dealkylation sites (N-methyl/N-ethyl adjacent to an activating group) is 1. The highest BCUT2D eigenvalue weighted by Crippen LogP contribution is 2.37. The number of hydrogen-bond acceptors (Lipinski definition) is 8. The Labute approximate surface area is 119 Å². The van der Waals surface area contributed by atoms with E-state index in [1.807, 2.05) is 0 Å². The fraction of sp³-hybridized carbons (Fsp3) is 0.556. The number of nitrogens with two attached hydrogens (primary N) is 1. The normalized spacial score (nSPS) is 19.4. The first-order valence-electron chi connectivity index (χ1n) is 5.68. The van der Waals surface area contributed by atoms with Crippen molar-refractivity contribution in [3.05, 3.63) is 16.2 Å². The number of anilines is 1. The molecule has 1 aromatic rings. The van der Waals surface area contributed by atoms with Crippen molar-refractivity contribution in [1.29, 1.82) is 0 Å². The number of nitro groups is 1. The lowest BCUT2D eigenvalue weighted by Crippen LogP contribution is -2.36. The highest BCUT2D eigenvalue weighted by atomic mass is 32.2. The molecule has 0 radical (unpaired) electrons. The molecule has 0 saturated carbocycles. The first-order chi connectivity index (χ1) is 9.37. The van der Waals surface area contributed by atoms with Gasteiger partial charge >= 0.3 is 5.69 Å². The van der Waals surface area contributed by atoms with Crippen molar-refractivity contribution in [3.63, 3.8) is 0 Å². The Bertz CT molecular complexity index is 608. The Morgan fingerprint density at radius 2 is 2.35 bits per heavy atom. The summed E-state index contributed by atoms with van der Waals surface area (Å²) in [5, 5.41) is 10.8. The van der Waals surface area contributed by atoms with Gasteiger partial charge in [0.15, 0.2) is 5.00 Å². The van der Waals surface area contributed by atoms with Crippen molar-refractivity contribution in [1.82, 2.24) is 4.31 Å². The molecule has 0 spiro atoms. The third-order valence-corrected chi connectivity index (χ3v) is 6.49. The van der Waals surface area contributed by atoms with Crippen LogP contribution in [0.3, 0.4) is 0 Å². The van der Waals surface area contributed by atoms with Crippen molar-refractivity contribution in [3.8, 4) is 0 Å². The molecule has 0 amide bonds. The number of hydrogen-bond donors (Lipinski definition) is 2. The van der Waals surface area contributed by atoms with Crippen LogP contribution in [0, 0.1) is 10.1 Å². The van der Waals surface area contributed by atoms with Gasteiger partial charge < -0.3 is 10.2 Å². The molecule has 11 heteroatoms. The van der Waals surface area contributed by atoms with Gasteiger partial charge in [-0.1, -0.05) is 11.3 Å². The minimum Gasteiger partial charge on any atom is -0.380 e. The SMILES string of the molecule is CN(C1CCOC1)S(=O)(=O)c1cc([N+](=O)[O-])c(NN)s1. The van der Waals surface area contributed by atoms with Crippen LogP contribution in [0.15, 0.2) is 10.3 Å². The van der Waals surface area contributed by atoms with Crippen molar-refractivity contribution >= 4 is 32.0 Å². The number of rotatable bonds is 5. The average Bonchev–Trinajstić information content (AvgIpc) is 3.06. The molecule has 1 aromatic heterocycles. The number of ether oxygens (including phenoxy) is 1. The first kappa shape index (κ1) is 15.1. The Morgan fingerprint density at radius 1 is 1.65 bits per heavy atom. The van der Waals surface area contributed by atoms with Crippen LogP contribution in [-0.2, 0) is 14.8 Å². The minimum atomic E-state index is -3.80. The Morgan fingerprint density at radius 3 is 2.80 bits per heavy atom. The van der Waals surface area contributed by atoms with Gasteiger partial charge in [-0.3, -0.25) is 10.1 Å². The van der Waals surface area contributed by atoms with E-state index in [4.69, 9.17) is 10.6 Å². The van der Waals surface area contributed by atoms with Gasteiger partial charge in [-0.15, -0.1) is 0 Å². The molecule has 1 atom stereocenters. The molecular formula is C9H14N4O5S2. The molecule has 1 fully saturated rings. The maximum absolute atomic E-state index is 12.4. The molecule has 2 heterocycles. The molecule has 0 bridgehead atoms. The van der Waals surface area contributed by atoms with Gasteiger partial charge in [0.2, 0.25) is 0 Å². The molecule has 9 nitrogen and oxygen atoms in total. The van der Waals surface area contributed by atoms with E-state index in [1.54, 1.807) is 0 Å². The molecule has 1 aliphatic heterocycles. The summed E-state index contributed by atoms with van der Waals surface area (Å²) >= 11 is 0.734. The molecule has 20 heavy (non-hydrogen) atoms. The second-order valence-corrected chi connectivity index (χ2v) is 7.50. The predicted octanol–water partition coefficient (Wildman–Crippen LogP) is 0.351. The van der Waals surface area contributed by atoms with Crippen LogP contribution in [0.25, 0.3) is 0 Å². The zero-order valence-electron chi connectivity index (χ0n) is 10.6. The number of thiophene rings is 1. The fourth-order valence-electron chi connectivity index (χ4n) is 1.87. The molecule has 1 saturated heterocycles. The standard InChI is InChI=1S/C9H14N4O5S2/c1-12(6-2-3-18-5-6)20(16,17)8-4-7(13(14)15)9(11-10)19-8/h4,6,11H,2-3,5,10H2,1H3. The van der Waals surface area contributed by atoms with Gasteiger partial charge in [0.1, 0.15) is 4.21 Å². The monoisotopic (exact) mass is 322 g/mol. The van der Waals surface area contributed by atoms with E-state index in [2.05, 4.69) is 5.43 Å². The smallest absolute Gasteiger partial charge is 0.306 e. The lowest BCUT2D eigenvalue weighted by Gasteiger charge is -2.21. The topological polar surface area (TPSA) is 128 Å². The summed E-state index contributed by atoms with van der Waals surface area (Å²) in [5.74, 6) is 5.17. The van der Waals surface area contributed by atoms with E-state index in [9.17, 15) is 18.5 Å². The zero-order valence-corrected chi connectivity index (χ0v) is 12.2. The van der Waals surface area contributed by atoms with E-state index in [0.717, 1.165) is 17.4 Å². The van der Waals surface area contributed by atoms with E-state index >= 15 is 0 Å². The minimum absolute atomic E-state index is 0.00430. The van der Waals surface area contributed by atoms with E-state index in [1.165, 1.54) is 11.4 Å². The van der Waals surface area contributed by atoms with Gasteiger partial charge in [-0.05, 0) is 6.42 Å². The Hall–Kier alpha value is -1.27. The van der Waals surface area contributed by atoms with Crippen molar-refractivity contribution in [2.45, 2.75) is 16.7 Å². The van der Waals surface area contributed by atoms with Gasteiger partial charge in [0.05, 0.1) is 17.6 Å². The summed E-state index contributed by atoms with van der Waals surface area (Å²) in [6, 6.07) is 0.761. The quantitative estimate of drug-likeness (QED) is 0.455. The lowest BCUT2D eigenvalue weighted by atomic mass is 10.3. The maximum Gasteiger partial charge on any atom is 0.306 e. The van der Waals surface area contributed by atoms with Crippen LogP contribution < -0.4 is 11.3 Å². The number of hydrazine groups is 1. The third kappa shape index (κ3) is 2.62. The highest BCUT2D eigenvalue weighted by Gasteiger charge is 2.34. The van der Waals surface area contributed by atoms with Crippen molar-refractivity contribution in [2.75, 3.05) is 25.7 Å². The second-order valence-electron chi connectivity index (χ2n) is 4.22. The van der Waals surface area contributed by atoms with Crippen LogP contribution in [0.4, 0.5) is 10.7 Å². The summed E-state index contributed by atoms with van der Waals surface area (Å²) < 4.78 is 31.1. The summed E-state index contributed by atoms with van der Waals surface area (Å²) in [4.78, 5) is 10.2. The summed E-state index contributed by atoms with van der Waals surface area (Å²) in [6.07, 6.45) is 0.602. The second kappa shape index (κ2) is 5.61. The molecule has 0 aromatic carbocycles. The summed E-state index contributed by atoms with van der Waals surface area (Å²) in [7, 11) is -2.36. The average molecular weight is 322 g/mol. The van der Waals surface area contributed by atoms with Crippen LogP contribution in [0.1, 0.15) is 6.42 Å². The van der Waals surface area contributed by atoms with E-state index in [-0.39, 0.29) is 20.9 Å². The van der Waals surface area contributed by atoms with Crippen LogP contribution in [-0.4, -0.2) is 43.9 Å². The number of sulfonamides is 1. The Kier molecular flexibility index (Phi) is 4.25. The van der Waals surface area contributed by atoms with Gasteiger partial charge in [-0.2, -0.15) is 4.31 Å².